The highest BCUT2D eigenvalue weighted by molar-refractivity contribution is 4.54. The molecule has 0 spiro atoms. The number of nitrogens with zero attached hydrogens (tertiary/aromatic N) is 1. The van der Waals surface area contributed by atoms with Gasteiger partial charge in [0.1, 0.15) is 0 Å². The molecule has 0 radical (unpaired) electrons. The molecule has 0 heterocycles. The van der Waals surface area contributed by atoms with Crippen LogP contribution in [0.1, 0.15) is 53.9 Å². The average Bonchev–Trinajstić information content (AvgIpc) is 2.01. The molecule has 0 unspecified atom stereocenters. The Bertz CT molecular complexity index is 65.4. The fourth-order valence-corrected chi connectivity index (χ4v) is 1.35. The van der Waals surface area contributed by atoms with Crippen LogP contribution in [-0.4, -0.2) is 24.5 Å². The molecule has 1 heteroatoms. The van der Waals surface area contributed by atoms with Gasteiger partial charge >= 0.3 is 0 Å². The molecule has 0 atom stereocenters. The number of rotatable bonds is 7. The van der Waals surface area contributed by atoms with Gasteiger partial charge in [-0.3, -0.25) is 0 Å². The van der Waals surface area contributed by atoms with E-state index >= 15 is 0 Å². The predicted molar refractivity (Wildman–Crippen MR) is 58.7 cm³/mol. The third-order valence-electron chi connectivity index (χ3n) is 1.91. The fraction of sp³-hybridized carbons (Fsp3) is 1.00. The van der Waals surface area contributed by atoms with Gasteiger partial charge in [-0.2, -0.15) is 0 Å². The topological polar surface area (TPSA) is 3.24 Å². The van der Waals surface area contributed by atoms with Crippen molar-refractivity contribution in [1.82, 2.24) is 4.90 Å². The largest absolute Gasteiger partial charge is 0.303 e. The van der Waals surface area contributed by atoms with Crippen LogP contribution in [0.25, 0.3) is 0 Å². The SMILES string of the molecule is C.CCCCN(CCC)CCC. The Morgan fingerprint density at radius 1 is 0.750 bits per heavy atom. The van der Waals surface area contributed by atoms with Crippen LogP contribution in [-0.2, 0) is 0 Å². The molecule has 0 saturated carbocycles. The van der Waals surface area contributed by atoms with E-state index in [2.05, 4.69) is 25.7 Å². The lowest BCUT2D eigenvalue weighted by atomic mass is 10.3. The highest BCUT2D eigenvalue weighted by Crippen LogP contribution is 1.97. The lowest BCUT2D eigenvalue weighted by Crippen LogP contribution is -2.26. The zero-order valence-electron chi connectivity index (χ0n) is 8.40. The molecule has 0 saturated heterocycles. The van der Waals surface area contributed by atoms with Gasteiger partial charge in [-0.1, -0.05) is 34.6 Å². The molecule has 0 amide bonds. The summed E-state index contributed by atoms with van der Waals surface area (Å²) in [6.07, 6.45) is 5.28. The summed E-state index contributed by atoms with van der Waals surface area (Å²) in [5.41, 5.74) is 0. The van der Waals surface area contributed by atoms with Crippen molar-refractivity contribution < 1.29 is 0 Å². The quantitative estimate of drug-likeness (QED) is 0.569. The lowest BCUT2D eigenvalue weighted by Gasteiger charge is -2.20. The highest BCUT2D eigenvalue weighted by Gasteiger charge is 1.99. The summed E-state index contributed by atoms with van der Waals surface area (Å²) >= 11 is 0. The smallest absolute Gasteiger partial charge is 0.00188 e. The minimum absolute atomic E-state index is 0. The van der Waals surface area contributed by atoms with Crippen LogP contribution in [0.4, 0.5) is 0 Å². The molecule has 0 fully saturated rings. The first-order valence-corrected chi connectivity index (χ1v) is 5.07. The van der Waals surface area contributed by atoms with Crippen LogP contribution >= 0.6 is 0 Å². The van der Waals surface area contributed by atoms with Crippen LogP contribution in [0.5, 0.6) is 0 Å². The Labute approximate surface area is 79.2 Å². The molecule has 1 nitrogen and oxygen atoms in total. The third-order valence-corrected chi connectivity index (χ3v) is 1.91. The molecule has 0 aromatic carbocycles. The van der Waals surface area contributed by atoms with Gasteiger partial charge in [0.15, 0.2) is 0 Å². The summed E-state index contributed by atoms with van der Waals surface area (Å²) in [7, 11) is 0. The summed E-state index contributed by atoms with van der Waals surface area (Å²) in [6.45, 7) is 10.7. The second kappa shape index (κ2) is 11.0. The normalized spacial score (nSPS) is 10.0. The molecular weight excluding hydrogens is 146 g/mol. The second-order valence-electron chi connectivity index (χ2n) is 3.20. The van der Waals surface area contributed by atoms with Crippen LogP contribution < -0.4 is 0 Å². The minimum atomic E-state index is 0. The van der Waals surface area contributed by atoms with Crippen LogP contribution in [0.15, 0.2) is 0 Å². The van der Waals surface area contributed by atoms with E-state index in [1.165, 1.54) is 45.3 Å². The van der Waals surface area contributed by atoms with Gasteiger partial charge in [0.2, 0.25) is 0 Å². The Kier molecular flexibility index (Phi) is 13.2. The molecule has 76 valence electrons. The Balaban J connectivity index is 0. The van der Waals surface area contributed by atoms with Crippen molar-refractivity contribution >= 4 is 0 Å². The average molecular weight is 173 g/mol. The summed E-state index contributed by atoms with van der Waals surface area (Å²) < 4.78 is 0. The van der Waals surface area contributed by atoms with Gasteiger partial charge in [-0.25, -0.2) is 0 Å². The van der Waals surface area contributed by atoms with E-state index in [0.29, 0.717) is 0 Å². The van der Waals surface area contributed by atoms with Crippen molar-refractivity contribution in [3.05, 3.63) is 0 Å². The maximum Gasteiger partial charge on any atom is -0.00188 e. The van der Waals surface area contributed by atoms with Crippen LogP contribution in [0.3, 0.4) is 0 Å². The van der Waals surface area contributed by atoms with Crippen molar-refractivity contribution in [2.45, 2.75) is 53.9 Å². The van der Waals surface area contributed by atoms with Gasteiger partial charge in [-0.15, -0.1) is 0 Å². The fourth-order valence-electron chi connectivity index (χ4n) is 1.35. The molecule has 0 bridgehead atoms. The number of unbranched alkanes of at least 4 members (excludes halogenated alkanes) is 1. The van der Waals surface area contributed by atoms with E-state index in [4.69, 9.17) is 0 Å². The molecule has 0 aromatic heterocycles. The molecule has 0 aliphatic rings. The molecule has 0 aliphatic carbocycles. The van der Waals surface area contributed by atoms with Crippen molar-refractivity contribution in [2.75, 3.05) is 19.6 Å². The molecule has 12 heavy (non-hydrogen) atoms. The number of hydrogen-bond acceptors (Lipinski definition) is 1. The molecule has 0 aliphatic heterocycles. The van der Waals surface area contributed by atoms with Crippen LogP contribution in [0, 0.1) is 0 Å². The molecule has 0 N–H and O–H groups in total. The molecule has 0 rings (SSSR count). The zero-order valence-corrected chi connectivity index (χ0v) is 8.40. The van der Waals surface area contributed by atoms with E-state index < -0.39 is 0 Å². The summed E-state index contributed by atoms with van der Waals surface area (Å²) in [4.78, 5) is 2.57. The van der Waals surface area contributed by atoms with E-state index in [0.717, 1.165) is 0 Å². The van der Waals surface area contributed by atoms with E-state index in [9.17, 15) is 0 Å². The summed E-state index contributed by atoms with van der Waals surface area (Å²) in [5.74, 6) is 0. The van der Waals surface area contributed by atoms with Crippen molar-refractivity contribution in [1.29, 1.82) is 0 Å². The Morgan fingerprint density at radius 2 is 1.25 bits per heavy atom. The first-order chi connectivity index (χ1) is 5.35. The Hall–Kier alpha value is -0.0400. The second-order valence-corrected chi connectivity index (χ2v) is 3.20. The van der Waals surface area contributed by atoms with Gasteiger partial charge < -0.3 is 4.90 Å². The van der Waals surface area contributed by atoms with Gasteiger partial charge in [0, 0.05) is 0 Å². The third kappa shape index (κ3) is 8.06. The summed E-state index contributed by atoms with van der Waals surface area (Å²) in [6, 6.07) is 0. The first kappa shape index (κ1) is 14.5. The molecule has 0 aromatic rings. The Morgan fingerprint density at radius 3 is 1.58 bits per heavy atom. The van der Waals surface area contributed by atoms with Crippen molar-refractivity contribution in [2.24, 2.45) is 0 Å². The first-order valence-electron chi connectivity index (χ1n) is 5.07. The minimum Gasteiger partial charge on any atom is -0.303 e. The van der Waals surface area contributed by atoms with Gasteiger partial charge in [0.05, 0.1) is 0 Å². The lowest BCUT2D eigenvalue weighted by molar-refractivity contribution is 0.270. The van der Waals surface area contributed by atoms with E-state index in [-0.39, 0.29) is 7.43 Å². The highest BCUT2D eigenvalue weighted by atomic mass is 15.1. The van der Waals surface area contributed by atoms with Crippen LogP contribution in [0.2, 0.25) is 0 Å². The van der Waals surface area contributed by atoms with E-state index in [1.807, 2.05) is 0 Å². The maximum atomic E-state index is 2.57. The number of hydrogen-bond donors (Lipinski definition) is 0. The zero-order chi connectivity index (χ0) is 8.53. The molecular formula is C11H27N. The maximum absolute atomic E-state index is 2.57. The van der Waals surface area contributed by atoms with Crippen molar-refractivity contribution in [3.63, 3.8) is 0 Å². The monoisotopic (exact) mass is 173 g/mol. The van der Waals surface area contributed by atoms with Gasteiger partial charge in [0.25, 0.3) is 0 Å². The standard InChI is InChI=1S/C10H23N.CH4/c1-4-7-10-11(8-5-2)9-6-3;/h4-10H2,1-3H3;1H4. The predicted octanol–water partition coefficient (Wildman–Crippen LogP) is 3.54. The van der Waals surface area contributed by atoms with Crippen molar-refractivity contribution in [3.8, 4) is 0 Å². The van der Waals surface area contributed by atoms with E-state index in [1.54, 1.807) is 0 Å². The van der Waals surface area contributed by atoms with Gasteiger partial charge in [-0.05, 0) is 38.9 Å². The summed E-state index contributed by atoms with van der Waals surface area (Å²) in [5, 5.41) is 0.